The number of rotatable bonds is 2. The molecule has 0 aliphatic carbocycles. The van der Waals surface area contributed by atoms with Crippen LogP contribution in [0.25, 0.3) is 11.0 Å². The maximum absolute atomic E-state index is 13.8. The third kappa shape index (κ3) is 2.52. The largest absolute Gasteiger partial charge is 0.324 e. The Bertz CT molecular complexity index is 610. The van der Waals surface area contributed by atoms with Crippen molar-refractivity contribution in [3.05, 3.63) is 28.2 Å². The number of thioether (sulfide) groups is 1. The minimum atomic E-state index is -0.250. The third-order valence-electron chi connectivity index (χ3n) is 3.48. The zero-order chi connectivity index (χ0) is 13.4. The predicted molar refractivity (Wildman–Crippen MR) is 82.5 cm³/mol. The molecule has 6 heteroatoms. The van der Waals surface area contributed by atoms with Gasteiger partial charge in [-0.3, -0.25) is 0 Å². The summed E-state index contributed by atoms with van der Waals surface area (Å²) in [5, 5.41) is 0. The van der Waals surface area contributed by atoms with Crippen LogP contribution in [0.4, 0.5) is 4.39 Å². The fourth-order valence-corrected chi connectivity index (χ4v) is 4.19. The monoisotopic (exact) mass is 362 g/mol. The number of benzene rings is 1. The van der Waals surface area contributed by atoms with E-state index in [0.29, 0.717) is 16.4 Å². The lowest BCUT2D eigenvalue weighted by Gasteiger charge is -2.25. The van der Waals surface area contributed by atoms with E-state index in [1.54, 1.807) is 12.1 Å². The van der Waals surface area contributed by atoms with Gasteiger partial charge in [0.05, 0.1) is 21.4 Å². The van der Waals surface area contributed by atoms with Gasteiger partial charge in [0.25, 0.3) is 0 Å². The van der Waals surface area contributed by atoms with Crippen molar-refractivity contribution in [3.63, 3.8) is 0 Å². The van der Waals surface area contributed by atoms with Gasteiger partial charge in [0.15, 0.2) is 0 Å². The van der Waals surface area contributed by atoms with E-state index in [1.165, 1.54) is 0 Å². The second-order valence-corrected chi connectivity index (χ2v) is 6.98. The maximum atomic E-state index is 13.8. The summed E-state index contributed by atoms with van der Waals surface area (Å²) in [6.45, 7) is 0. The predicted octanol–water partition coefficient (Wildman–Crippen LogP) is 4.74. The first-order valence-corrected chi connectivity index (χ1v) is 8.68. The van der Waals surface area contributed by atoms with Gasteiger partial charge in [0, 0.05) is 12.1 Å². The molecule has 2 aromatic rings. The molecule has 3 rings (SSSR count). The van der Waals surface area contributed by atoms with Crippen molar-refractivity contribution in [2.45, 2.75) is 24.8 Å². The Balaban J connectivity index is 2.16. The van der Waals surface area contributed by atoms with Crippen LogP contribution in [0.1, 0.15) is 24.7 Å². The van der Waals surface area contributed by atoms with Gasteiger partial charge in [-0.25, -0.2) is 9.37 Å². The Hall–Kier alpha value is -0.260. The number of hydrogen-bond acceptors (Lipinski definition) is 2. The van der Waals surface area contributed by atoms with Gasteiger partial charge in [-0.15, -0.1) is 11.6 Å². The van der Waals surface area contributed by atoms with E-state index in [2.05, 4.69) is 25.5 Å². The first-order valence-electron chi connectivity index (χ1n) is 6.20. The van der Waals surface area contributed by atoms with Gasteiger partial charge in [-0.05, 0) is 46.3 Å². The molecule has 0 radical (unpaired) electrons. The van der Waals surface area contributed by atoms with Gasteiger partial charge in [0.1, 0.15) is 11.6 Å². The van der Waals surface area contributed by atoms with Gasteiger partial charge < -0.3 is 4.57 Å². The minimum absolute atomic E-state index is 0.250. The summed E-state index contributed by atoms with van der Waals surface area (Å²) in [6.07, 6.45) is 2.19. The van der Waals surface area contributed by atoms with Crippen molar-refractivity contribution in [3.8, 4) is 0 Å². The highest BCUT2D eigenvalue weighted by Gasteiger charge is 2.22. The average molecular weight is 364 g/mol. The third-order valence-corrected chi connectivity index (χ3v) is 5.38. The Morgan fingerprint density at radius 3 is 2.84 bits per heavy atom. The fraction of sp³-hybridized carbons (Fsp3) is 0.462. The highest BCUT2D eigenvalue weighted by Crippen LogP contribution is 2.33. The molecule has 1 saturated heterocycles. The molecular formula is C13H13BrClFN2S. The molecule has 1 aromatic carbocycles. The van der Waals surface area contributed by atoms with Crippen LogP contribution >= 0.6 is 39.3 Å². The molecule has 1 aromatic heterocycles. The summed E-state index contributed by atoms with van der Waals surface area (Å²) < 4.78 is 16.4. The Labute approximate surface area is 128 Å². The van der Waals surface area contributed by atoms with Crippen LogP contribution < -0.4 is 0 Å². The Morgan fingerprint density at radius 1 is 1.42 bits per heavy atom. The topological polar surface area (TPSA) is 17.8 Å². The zero-order valence-electron chi connectivity index (χ0n) is 10.2. The zero-order valence-corrected chi connectivity index (χ0v) is 13.4. The molecule has 0 spiro atoms. The molecule has 19 heavy (non-hydrogen) atoms. The summed E-state index contributed by atoms with van der Waals surface area (Å²) >= 11 is 11.2. The summed E-state index contributed by atoms with van der Waals surface area (Å²) in [4.78, 5) is 4.54. The summed E-state index contributed by atoms with van der Waals surface area (Å²) in [5.41, 5.74) is 1.66. The number of halogens is 3. The van der Waals surface area contributed by atoms with Crippen molar-refractivity contribution in [2.75, 3.05) is 11.5 Å². The molecule has 1 fully saturated rings. The SMILES string of the molecule is Fc1cc2c(cc1Br)nc(CCl)n2C1CCSCC1. The smallest absolute Gasteiger partial charge is 0.139 e. The standard InChI is InChI=1S/C13H13BrClFN2S/c14-9-5-11-12(6-10(9)16)18(13(7-15)17-11)8-1-3-19-4-2-8/h5-6,8H,1-4,7H2. The van der Waals surface area contributed by atoms with Crippen LogP contribution in [0.2, 0.25) is 0 Å². The molecule has 2 heterocycles. The summed E-state index contributed by atoms with van der Waals surface area (Å²) in [7, 11) is 0. The second kappa shape index (κ2) is 5.62. The van der Waals surface area contributed by atoms with Crippen molar-refractivity contribution in [1.29, 1.82) is 0 Å². The molecule has 0 unspecified atom stereocenters. The second-order valence-electron chi connectivity index (χ2n) is 4.63. The van der Waals surface area contributed by atoms with E-state index < -0.39 is 0 Å². The lowest BCUT2D eigenvalue weighted by atomic mass is 10.1. The molecule has 0 bridgehead atoms. The molecule has 2 nitrogen and oxygen atoms in total. The van der Waals surface area contributed by atoms with E-state index in [-0.39, 0.29) is 5.82 Å². The van der Waals surface area contributed by atoms with Crippen LogP contribution in [-0.2, 0) is 5.88 Å². The van der Waals surface area contributed by atoms with Crippen molar-refractivity contribution < 1.29 is 4.39 Å². The van der Waals surface area contributed by atoms with E-state index in [1.807, 2.05) is 11.8 Å². The van der Waals surface area contributed by atoms with Gasteiger partial charge in [-0.1, -0.05) is 0 Å². The van der Waals surface area contributed by atoms with Crippen LogP contribution in [0, 0.1) is 5.82 Å². The molecule has 0 amide bonds. The summed E-state index contributed by atoms with van der Waals surface area (Å²) in [6, 6.07) is 3.68. The average Bonchev–Trinajstić information content (AvgIpc) is 2.78. The van der Waals surface area contributed by atoms with Crippen molar-refractivity contribution in [1.82, 2.24) is 9.55 Å². The number of hydrogen-bond donors (Lipinski definition) is 0. The maximum Gasteiger partial charge on any atom is 0.139 e. The van der Waals surface area contributed by atoms with Gasteiger partial charge in [-0.2, -0.15) is 11.8 Å². The normalized spacial score (nSPS) is 17.2. The lowest BCUT2D eigenvalue weighted by Crippen LogP contribution is -2.17. The number of imidazole rings is 1. The highest BCUT2D eigenvalue weighted by atomic mass is 79.9. The first kappa shape index (κ1) is 13.7. The molecule has 0 atom stereocenters. The van der Waals surface area contributed by atoms with Crippen LogP contribution in [0.15, 0.2) is 16.6 Å². The van der Waals surface area contributed by atoms with E-state index in [0.717, 1.165) is 41.2 Å². The molecule has 1 aliphatic rings. The number of aromatic nitrogens is 2. The molecule has 1 aliphatic heterocycles. The van der Waals surface area contributed by atoms with Crippen molar-refractivity contribution >= 4 is 50.3 Å². The van der Waals surface area contributed by atoms with Crippen LogP contribution in [0.5, 0.6) is 0 Å². The first-order chi connectivity index (χ1) is 9.20. The highest BCUT2D eigenvalue weighted by molar-refractivity contribution is 9.10. The van der Waals surface area contributed by atoms with Crippen molar-refractivity contribution in [2.24, 2.45) is 0 Å². The lowest BCUT2D eigenvalue weighted by molar-refractivity contribution is 0.469. The minimum Gasteiger partial charge on any atom is -0.324 e. The quantitative estimate of drug-likeness (QED) is 0.717. The van der Waals surface area contributed by atoms with Crippen LogP contribution in [-0.4, -0.2) is 21.1 Å². The molecular weight excluding hydrogens is 351 g/mol. The van der Waals surface area contributed by atoms with E-state index in [4.69, 9.17) is 11.6 Å². The number of alkyl halides is 1. The van der Waals surface area contributed by atoms with Crippen LogP contribution in [0.3, 0.4) is 0 Å². The van der Waals surface area contributed by atoms with E-state index in [9.17, 15) is 4.39 Å². The number of fused-ring (bicyclic) bond motifs is 1. The van der Waals surface area contributed by atoms with Gasteiger partial charge >= 0.3 is 0 Å². The Morgan fingerprint density at radius 2 is 2.16 bits per heavy atom. The molecule has 102 valence electrons. The summed E-state index contributed by atoms with van der Waals surface area (Å²) in [5.74, 6) is 3.24. The Kier molecular flexibility index (Phi) is 4.06. The van der Waals surface area contributed by atoms with E-state index >= 15 is 0 Å². The molecule has 0 N–H and O–H groups in total. The number of nitrogens with zero attached hydrogens (tertiary/aromatic N) is 2. The van der Waals surface area contributed by atoms with Gasteiger partial charge in [0.2, 0.25) is 0 Å². The fourth-order valence-electron chi connectivity index (χ4n) is 2.59. The molecule has 0 saturated carbocycles.